The summed E-state index contributed by atoms with van der Waals surface area (Å²) in [6.07, 6.45) is 22.5. The van der Waals surface area contributed by atoms with Crippen LogP contribution in [0.2, 0.25) is 0 Å². The highest BCUT2D eigenvalue weighted by Crippen LogP contribution is 2.53. The summed E-state index contributed by atoms with van der Waals surface area (Å²) < 4.78 is 74.6. The summed E-state index contributed by atoms with van der Waals surface area (Å²) in [6, 6.07) is 0. The number of aliphatic hydroxyl groups is 9. The molecule has 0 aromatic heterocycles. The van der Waals surface area contributed by atoms with Gasteiger partial charge < -0.3 is 46.0 Å². The van der Waals surface area contributed by atoms with Crippen molar-refractivity contribution in [3.63, 3.8) is 0 Å². The fourth-order valence-corrected chi connectivity index (χ4v) is 14.0. The van der Waals surface area contributed by atoms with Crippen LogP contribution in [0.5, 0.6) is 0 Å². The van der Waals surface area contributed by atoms with Gasteiger partial charge in [-0.3, -0.25) is 8.78 Å². The number of hydrogen-bond donors (Lipinski definition) is 9. The maximum Gasteiger partial charge on any atom is 0.253 e. The first-order valence-electron chi connectivity index (χ1n) is 34.6. The second-order valence-corrected chi connectivity index (χ2v) is 33.0. The van der Waals surface area contributed by atoms with E-state index in [1.165, 1.54) is 64.2 Å². The third-order valence-corrected chi connectivity index (χ3v) is 24.0. The van der Waals surface area contributed by atoms with E-state index in [1.54, 1.807) is 13.8 Å². The molecule has 8 aliphatic carbocycles. The van der Waals surface area contributed by atoms with Crippen LogP contribution in [-0.2, 0) is 0 Å². The Morgan fingerprint density at radius 3 is 0.598 bits per heavy atom. The molecule has 8 saturated carbocycles. The fourth-order valence-electron chi connectivity index (χ4n) is 12.7. The van der Waals surface area contributed by atoms with Crippen molar-refractivity contribution in [3.8, 4) is 0 Å². The van der Waals surface area contributed by atoms with Crippen LogP contribution in [0.15, 0.2) is 0 Å². The predicted molar refractivity (Wildman–Crippen MR) is 349 cm³/mol. The molecule has 1 heterocycles. The molecule has 9 rings (SSSR count). The van der Waals surface area contributed by atoms with Crippen LogP contribution in [0.3, 0.4) is 0 Å². The number of hydrogen-bond acceptors (Lipinski definition) is 10. The number of thioether (sulfide) groups is 1. The second-order valence-electron chi connectivity index (χ2n) is 32.0. The minimum Gasteiger partial charge on any atom is -0.390 e. The van der Waals surface area contributed by atoms with Crippen molar-refractivity contribution < 1.29 is 72.3 Å². The molecule has 0 aromatic carbocycles. The molecule has 9 fully saturated rings. The van der Waals surface area contributed by atoms with Crippen LogP contribution in [0.4, 0.5) is 26.3 Å². The van der Waals surface area contributed by atoms with Crippen molar-refractivity contribution >= 4 is 11.8 Å². The Morgan fingerprint density at radius 2 is 0.460 bits per heavy atom. The molecule has 9 nitrogen and oxygen atoms in total. The van der Waals surface area contributed by atoms with E-state index in [2.05, 4.69) is 83.1 Å². The third-order valence-electron chi connectivity index (χ3n) is 22.6. The Balaban J connectivity index is 0.000000491. The van der Waals surface area contributed by atoms with E-state index in [-0.39, 0.29) is 103 Å². The summed E-state index contributed by atoms with van der Waals surface area (Å²) in [5.41, 5.74) is -5.44. The largest absolute Gasteiger partial charge is 0.390 e. The van der Waals surface area contributed by atoms with E-state index in [0.717, 1.165) is 75.7 Å². The van der Waals surface area contributed by atoms with Gasteiger partial charge in [-0.1, -0.05) is 176 Å². The van der Waals surface area contributed by atoms with Gasteiger partial charge in [0.15, 0.2) is 0 Å². The van der Waals surface area contributed by atoms with Crippen molar-refractivity contribution in [2.45, 2.75) is 367 Å². The Morgan fingerprint density at radius 1 is 0.253 bits per heavy atom. The standard InChI is InChI=1S/2C9H16F2O.2C9H18O.C8H16O.C7H12F2O.2C7H14O.C6H12OS/c1-7(2)9(12)3-8(4-9,5-10)6-11;1-7(2)8(12)3-5-9(10,11)6-4-8;2*1-8(2)9(10)6-4-3-5-7-9;1-7(2)8(9)5-3-4-6-8;1-5(2)6(10)3-7(8,9)4-6;2*1-6(2)7(8)4-3-5-7;1-5(2)6(7)3-8-4-6/h2*7,12H,3-6H2,1-2H3;2*8,10H,3-7H2,1-2H3;7,9H,3-6H2,1-2H3;5,10H,3-4H2,1-2H3;2*6,8H,3-5H2,1-2H3;5,7H,3-4H2,1-2H3. The van der Waals surface area contributed by atoms with E-state index >= 15 is 0 Å². The van der Waals surface area contributed by atoms with Gasteiger partial charge in [0, 0.05) is 42.6 Å². The lowest BCUT2D eigenvalue weighted by Crippen LogP contribution is -2.57. The molecule has 522 valence electrons. The molecule has 0 bridgehead atoms. The number of rotatable bonds is 11. The first-order chi connectivity index (χ1) is 39.6. The van der Waals surface area contributed by atoms with Crippen LogP contribution >= 0.6 is 11.8 Å². The zero-order valence-corrected chi connectivity index (χ0v) is 59.3. The van der Waals surface area contributed by atoms with Gasteiger partial charge in [0.05, 0.1) is 63.8 Å². The van der Waals surface area contributed by atoms with E-state index in [0.29, 0.717) is 35.5 Å². The molecule has 0 unspecified atom stereocenters. The molecular weight excluding hydrogens is 1140 g/mol. The number of alkyl halides is 6. The van der Waals surface area contributed by atoms with Crippen molar-refractivity contribution in [1.29, 1.82) is 0 Å². The second kappa shape index (κ2) is 35.4. The Kier molecular flexibility index (Phi) is 34.4. The zero-order chi connectivity index (χ0) is 67.5. The van der Waals surface area contributed by atoms with E-state index < -0.39 is 47.4 Å². The quantitative estimate of drug-likeness (QED) is 0.0903. The Bertz CT molecular complexity index is 1750. The minimum absolute atomic E-state index is 0.0628. The van der Waals surface area contributed by atoms with Gasteiger partial charge >= 0.3 is 0 Å². The molecule has 0 amide bonds. The van der Waals surface area contributed by atoms with E-state index in [4.69, 9.17) is 0 Å². The topological polar surface area (TPSA) is 182 Å². The predicted octanol–water partition coefficient (Wildman–Crippen LogP) is 17.3. The lowest BCUT2D eigenvalue weighted by Gasteiger charge is -2.53. The van der Waals surface area contributed by atoms with Crippen molar-refractivity contribution in [2.24, 2.45) is 58.7 Å². The summed E-state index contributed by atoms with van der Waals surface area (Å²) in [4.78, 5) is 0. The van der Waals surface area contributed by atoms with Crippen molar-refractivity contribution in [1.82, 2.24) is 0 Å². The molecule has 1 aliphatic heterocycles. The molecule has 0 radical (unpaired) electrons. The van der Waals surface area contributed by atoms with Crippen molar-refractivity contribution in [2.75, 3.05) is 24.9 Å². The summed E-state index contributed by atoms with van der Waals surface area (Å²) in [5, 5.41) is 87.0. The first-order valence-corrected chi connectivity index (χ1v) is 35.7. The van der Waals surface area contributed by atoms with Gasteiger partial charge in [0.2, 0.25) is 5.92 Å². The van der Waals surface area contributed by atoms with Crippen LogP contribution in [0.25, 0.3) is 0 Å². The monoisotopic (exact) mass is 1280 g/mol. The lowest BCUT2D eigenvalue weighted by molar-refractivity contribution is -0.222. The SMILES string of the molecule is CC(C)C1(O)CC(CF)(CF)C1.CC(C)C1(O)CC(F)(F)C1.CC(C)C1(O)CCC(F)(F)CC1.CC(C)C1(O)CCC1.CC(C)C1(O)CCC1.CC(C)C1(O)CCCC1.CC(C)C1(O)CCCCC1.CC(C)C1(O)CCCCC1.CC(C)C1(O)CSC1. The summed E-state index contributed by atoms with van der Waals surface area (Å²) in [7, 11) is 0. The summed E-state index contributed by atoms with van der Waals surface area (Å²) >= 11 is 1.82. The average Bonchev–Trinajstić information content (AvgIpc) is 3.85. The molecule has 0 aromatic rings. The van der Waals surface area contributed by atoms with Gasteiger partial charge in [-0.25, -0.2) is 17.6 Å². The van der Waals surface area contributed by atoms with Gasteiger partial charge in [0.1, 0.15) is 0 Å². The fraction of sp³-hybridized carbons (Fsp3) is 1.00. The van der Waals surface area contributed by atoms with E-state index in [9.17, 15) is 72.3 Å². The van der Waals surface area contributed by atoms with Crippen LogP contribution in [-0.4, -0.2) is 133 Å². The average molecular weight is 1280 g/mol. The summed E-state index contributed by atoms with van der Waals surface area (Å²) in [5.74, 6) is -0.517. The molecule has 0 spiro atoms. The van der Waals surface area contributed by atoms with Gasteiger partial charge in [-0.15, -0.1) is 0 Å². The Labute approximate surface area is 532 Å². The molecule has 87 heavy (non-hydrogen) atoms. The highest BCUT2D eigenvalue weighted by Gasteiger charge is 2.57. The van der Waals surface area contributed by atoms with Gasteiger partial charge in [-0.05, 0) is 156 Å². The van der Waals surface area contributed by atoms with Crippen LogP contribution < -0.4 is 0 Å². The highest BCUT2D eigenvalue weighted by molar-refractivity contribution is 8.00. The Hall–Kier alpha value is -0.430. The molecular formula is C71H136F6O9S. The van der Waals surface area contributed by atoms with Gasteiger partial charge in [0.25, 0.3) is 5.92 Å². The van der Waals surface area contributed by atoms with Crippen LogP contribution in [0, 0.1) is 58.7 Å². The first kappa shape index (κ1) is 84.6. The molecule has 16 heteroatoms. The number of halogens is 6. The molecule has 9 aliphatic rings. The van der Waals surface area contributed by atoms with Gasteiger partial charge in [-0.2, -0.15) is 11.8 Å². The lowest BCUT2D eigenvalue weighted by atomic mass is 9.57. The highest BCUT2D eigenvalue weighted by atomic mass is 32.2. The van der Waals surface area contributed by atoms with Crippen LogP contribution in [0.1, 0.15) is 304 Å². The third kappa shape index (κ3) is 26.4. The maximum atomic E-state index is 12.7. The zero-order valence-electron chi connectivity index (χ0n) is 58.5. The normalized spacial score (nSPS) is 26.0. The van der Waals surface area contributed by atoms with Crippen molar-refractivity contribution in [3.05, 3.63) is 0 Å². The molecule has 9 N–H and O–H groups in total. The summed E-state index contributed by atoms with van der Waals surface area (Å²) in [6.45, 7) is 34.9. The molecule has 1 saturated heterocycles. The maximum absolute atomic E-state index is 12.7. The smallest absolute Gasteiger partial charge is 0.253 e. The van der Waals surface area contributed by atoms with E-state index in [1.807, 2.05) is 39.5 Å². The molecule has 0 atom stereocenters. The minimum atomic E-state index is -2.61.